The van der Waals surface area contributed by atoms with Crippen molar-refractivity contribution in [3.63, 3.8) is 0 Å². The van der Waals surface area contributed by atoms with Gasteiger partial charge < -0.3 is 15.3 Å². The molecule has 0 bridgehead atoms. The van der Waals surface area contributed by atoms with Crippen LogP contribution in [0.3, 0.4) is 0 Å². The molecule has 0 atom stereocenters. The van der Waals surface area contributed by atoms with Crippen LogP contribution in [0.25, 0.3) is 0 Å². The second kappa shape index (κ2) is 6.98. The molecule has 114 valence electrons. The summed E-state index contributed by atoms with van der Waals surface area (Å²) >= 11 is 0. The predicted molar refractivity (Wildman–Crippen MR) is 76.3 cm³/mol. The molecule has 1 amide bonds. The van der Waals surface area contributed by atoms with Gasteiger partial charge in [-0.15, -0.1) is 10.2 Å². The SMILES string of the molecule is CCNC(=O)c1ccc(N2CCN(CC(=O)O)CC2)nn1. The van der Waals surface area contributed by atoms with E-state index in [2.05, 4.69) is 15.5 Å². The van der Waals surface area contributed by atoms with Gasteiger partial charge in [-0.1, -0.05) is 0 Å². The lowest BCUT2D eigenvalue weighted by Gasteiger charge is -2.34. The van der Waals surface area contributed by atoms with E-state index in [4.69, 9.17) is 5.11 Å². The Hall–Kier alpha value is -2.22. The molecule has 1 aromatic rings. The Bertz CT molecular complexity index is 497. The number of carbonyl (C=O) groups is 2. The first-order valence-electron chi connectivity index (χ1n) is 6.91. The molecule has 2 N–H and O–H groups in total. The van der Waals surface area contributed by atoms with Crippen molar-refractivity contribution >= 4 is 17.7 Å². The average Bonchev–Trinajstić information content (AvgIpc) is 2.48. The van der Waals surface area contributed by atoms with Gasteiger partial charge in [0.05, 0.1) is 6.54 Å². The fourth-order valence-corrected chi connectivity index (χ4v) is 2.19. The van der Waals surface area contributed by atoms with Crippen LogP contribution < -0.4 is 10.2 Å². The molecule has 8 heteroatoms. The van der Waals surface area contributed by atoms with Crippen molar-refractivity contribution in [3.8, 4) is 0 Å². The summed E-state index contributed by atoms with van der Waals surface area (Å²) in [7, 11) is 0. The molecule has 8 nitrogen and oxygen atoms in total. The zero-order chi connectivity index (χ0) is 15.2. The summed E-state index contributed by atoms with van der Waals surface area (Å²) in [6.07, 6.45) is 0. The molecule has 0 saturated carbocycles. The van der Waals surface area contributed by atoms with Crippen LogP contribution >= 0.6 is 0 Å². The maximum atomic E-state index is 11.6. The van der Waals surface area contributed by atoms with Gasteiger partial charge in [0.25, 0.3) is 5.91 Å². The molecule has 1 aliphatic rings. The highest BCUT2D eigenvalue weighted by Gasteiger charge is 2.20. The highest BCUT2D eigenvalue weighted by atomic mass is 16.4. The summed E-state index contributed by atoms with van der Waals surface area (Å²) < 4.78 is 0. The largest absolute Gasteiger partial charge is 0.480 e. The molecule has 1 fully saturated rings. The summed E-state index contributed by atoms with van der Waals surface area (Å²) in [6.45, 7) is 5.20. The second-order valence-corrected chi connectivity index (χ2v) is 4.79. The van der Waals surface area contributed by atoms with Crippen molar-refractivity contribution in [2.75, 3.05) is 44.2 Å². The first-order chi connectivity index (χ1) is 10.1. The Morgan fingerprint density at radius 2 is 1.95 bits per heavy atom. The van der Waals surface area contributed by atoms with Crippen LogP contribution in [0.5, 0.6) is 0 Å². The topological polar surface area (TPSA) is 98.7 Å². The number of nitrogens with zero attached hydrogens (tertiary/aromatic N) is 4. The van der Waals surface area contributed by atoms with E-state index >= 15 is 0 Å². The number of hydrogen-bond acceptors (Lipinski definition) is 6. The molecule has 0 aliphatic carbocycles. The smallest absolute Gasteiger partial charge is 0.317 e. The van der Waals surface area contributed by atoms with Gasteiger partial charge in [0.1, 0.15) is 0 Å². The van der Waals surface area contributed by atoms with E-state index in [1.807, 2.05) is 16.7 Å². The first-order valence-corrected chi connectivity index (χ1v) is 6.91. The van der Waals surface area contributed by atoms with Gasteiger partial charge >= 0.3 is 5.97 Å². The summed E-state index contributed by atoms with van der Waals surface area (Å²) in [5, 5.41) is 19.4. The monoisotopic (exact) mass is 293 g/mol. The van der Waals surface area contributed by atoms with Gasteiger partial charge in [0.15, 0.2) is 11.5 Å². The molecular weight excluding hydrogens is 274 g/mol. The molecule has 2 heterocycles. The Morgan fingerprint density at radius 3 is 2.48 bits per heavy atom. The molecule has 0 unspecified atom stereocenters. The maximum Gasteiger partial charge on any atom is 0.317 e. The lowest BCUT2D eigenvalue weighted by Crippen LogP contribution is -2.48. The Balaban J connectivity index is 1.92. The lowest BCUT2D eigenvalue weighted by atomic mass is 10.3. The molecule has 0 aromatic carbocycles. The Kier molecular flexibility index (Phi) is 5.04. The lowest BCUT2D eigenvalue weighted by molar-refractivity contribution is -0.138. The van der Waals surface area contributed by atoms with E-state index in [-0.39, 0.29) is 12.5 Å². The zero-order valence-corrected chi connectivity index (χ0v) is 11.9. The van der Waals surface area contributed by atoms with Crippen molar-refractivity contribution in [1.29, 1.82) is 0 Å². The van der Waals surface area contributed by atoms with Gasteiger partial charge in [0, 0.05) is 32.7 Å². The normalized spacial score (nSPS) is 15.8. The number of aliphatic carboxylic acids is 1. The third kappa shape index (κ3) is 4.12. The van der Waals surface area contributed by atoms with Crippen LogP contribution in [-0.4, -0.2) is 71.3 Å². The molecule has 0 radical (unpaired) electrons. The van der Waals surface area contributed by atoms with Crippen molar-refractivity contribution < 1.29 is 14.7 Å². The van der Waals surface area contributed by atoms with Gasteiger partial charge in [-0.05, 0) is 19.1 Å². The number of carboxylic acid groups (broad SMARTS) is 1. The third-order valence-corrected chi connectivity index (χ3v) is 3.28. The number of piperazine rings is 1. The molecule has 1 aromatic heterocycles. The fraction of sp³-hybridized carbons (Fsp3) is 0.538. The third-order valence-electron chi connectivity index (χ3n) is 3.28. The standard InChI is InChI=1S/C13H19N5O3/c1-2-14-13(21)10-3-4-11(16-15-10)18-7-5-17(6-8-18)9-12(19)20/h3-4H,2,5-9H2,1H3,(H,14,21)(H,19,20). The number of carboxylic acids is 1. The van der Waals surface area contributed by atoms with E-state index in [9.17, 15) is 9.59 Å². The average molecular weight is 293 g/mol. The molecule has 0 spiro atoms. The molecular formula is C13H19N5O3. The van der Waals surface area contributed by atoms with E-state index < -0.39 is 5.97 Å². The van der Waals surface area contributed by atoms with Crippen LogP contribution in [0.15, 0.2) is 12.1 Å². The van der Waals surface area contributed by atoms with Gasteiger partial charge in [-0.2, -0.15) is 0 Å². The van der Waals surface area contributed by atoms with Crippen molar-refractivity contribution in [1.82, 2.24) is 20.4 Å². The molecule has 2 rings (SSSR count). The highest BCUT2D eigenvalue weighted by molar-refractivity contribution is 5.92. The Morgan fingerprint density at radius 1 is 1.24 bits per heavy atom. The minimum atomic E-state index is -0.811. The number of carbonyl (C=O) groups excluding carboxylic acids is 1. The van der Waals surface area contributed by atoms with Crippen molar-refractivity contribution in [2.45, 2.75) is 6.92 Å². The molecule has 21 heavy (non-hydrogen) atoms. The Labute approximate surface area is 122 Å². The van der Waals surface area contributed by atoms with Crippen molar-refractivity contribution in [2.24, 2.45) is 0 Å². The summed E-state index contributed by atoms with van der Waals surface area (Å²) in [5.41, 5.74) is 0.296. The summed E-state index contributed by atoms with van der Waals surface area (Å²) in [5.74, 6) is -0.338. The zero-order valence-electron chi connectivity index (χ0n) is 11.9. The number of anilines is 1. The minimum absolute atomic E-state index is 0.0651. The first kappa shape index (κ1) is 15.2. The number of aromatic nitrogens is 2. The number of hydrogen-bond donors (Lipinski definition) is 2. The maximum absolute atomic E-state index is 11.6. The van der Waals surface area contributed by atoms with Crippen LogP contribution in [0, 0.1) is 0 Å². The number of amides is 1. The quantitative estimate of drug-likeness (QED) is 0.750. The van der Waals surface area contributed by atoms with E-state index in [1.54, 1.807) is 12.1 Å². The fourth-order valence-electron chi connectivity index (χ4n) is 2.19. The van der Waals surface area contributed by atoms with Crippen molar-refractivity contribution in [3.05, 3.63) is 17.8 Å². The minimum Gasteiger partial charge on any atom is -0.480 e. The van der Waals surface area contributed by atoms with E-state index in [1.165, 1.54) is 0 Å². The van der Waals surface area contributed by atoms with Gasteiger partial charge in [0.2, 0.25) is 0 Å². The summed E-state index contributed by atoms with van der Waals surface area (Å²) in [6, 6.07) is 3.42. The molecule has 1 aliphatic heterocycles. The number of nitrogens with one attached hydrogen (secondary N) is 1. The predicted octanol–water partition coefficient (Wildman–Crippen LogP) is -0.567. The van der Waals surface area contributed by atoms with E-state index in [0.29, 0.717) is 44.2 Å². The van der Waals surface area contributed by atoms with Gasteiger partial charge in [-0.25, -0.2) is 0 Å². The summed E-state index contributed by atoms with van der Waals surface area (Å²) in [4.78, 5) is 26.2. The highest BCUT2D eigenvalue weighted by Crippen LogP contribution is 2.12. The second-order valence-electron chi connectivity index (χ2n) is 4.79. The van der Waals surface area contributed by atoms with Gasteiger partial charge in [-0.3, -0.25) is 14.5 Å². The van der Waals surface area contributed by atoms with Crippen LogP contribution in [0.1, 0.15) is 17.4 Å². The van der Waals surface area contributed by atoms with Crippen LogP contribution in [0.4, 0.5) is 5.82 Å². The van der Waals surface area contributed by atoms with E-state index in [0.717, 1.165) is 0 Å². The number of rotatable bonds is 5. The van der Waals surface area contributed by atoms with Crippen LogP contribution in [0.2, 0.25) is 0 Å². The molecule has 1 saturated heterocycles. The van der Waals surface area contributed by atoms with Crippen LogP contribution in [-0.2, 0) is 4.79 Å².